The Morgan fingerprint density at radius 2 is 2.15 bits per heavy atom. The number of benzene rings is 1. The average molecular weight is 275 g/mol. The predicted molar refractivity (Wildman–Crippen MR) is 78.5 cm³/mol. The van der Waals surface area contributed by atoms with Crippen LogP contribution in [0.1, 0.15) is 25.8 Å². The van der Waals surface area contributed by atoms with Crippen LogP contribution in [-0.4, -0.2) is 30.4 Å². The smallest absolute Gasteiger partial charge is 0.243 e. The van der Waals surface area contributed by atoms with E-state index in [1.165, 1.54) is 0 Å². The van der Waals surface area contributed by atoms with E-state index in [4.69, 9.17) is 0 Å². The normalized spacial score (nSPS) is 17.8. The Kier molecular flexibility index (Phi) is 4.61. The van der Waals surface area contributed by atoms with Crippen molar-refractivity contribution in [1.29, 1.82) is 0 Å². The standard InChI is InChI=1S/C15H21N3O2/c1-3-8-16-14(19)10(2)17-15(20)13-9-11-6-4-5-7-12(11)18-13/h4-7,10,13,18H,3,8-9H2,1-2H3,(H,16,19)(H,17,20)/t10?,13-/m0/s1. The summed E-state index contributed by atoms with van der Waals surface area (Å²) in [5.74, 6) is -0.281. The summed E-state index contributed by atoms with van der Waals surface area (Å²) >= 11 is 0. The fraction of sp³-hybridized carbons (Fsp3) is 0.467. The molecule has 1 heterocycles. The molecule has 1 unspecified atom stereocenters. The molecule has 1 aliphatic heterocycles. The first-order valence-corrected chi connectivity index (χ1v) is 7.04. The molecule has 0 fully saturated rings. The van der Waals surface area contributed by atoms with Crippen LogP contribution >= 0.6 is 0 Å². The van der Waals surface area contributed by atoms with Crippen LogP contribution < -0.4 is 16.0 Å². The van der Waals surface area contributed by atoms with Crippen LogP contribution in [0.25, 0.3) is 0 Å². The van der Waals surface area contributed by atoms with Gasteiger partial charge >= 0.3 is 0 Å². The second-order valence-corrected chi connectivity index (χ2v) is 5.08. The van der Waals surface area contributed by atoms with E-state index in [2.05, 4.69) is 16.0 Å². The molecule has 1 aromatic rings. The Bertz CT molecular complexity index is 477. The van der Waals surface area contributed by atoms with Crippen molar-refractivity contribution in [3.8, 4) is 0 Å². The molecule has 0 spiro atoms. The summed E-state index contributed by atoms with van der Waals surface area (Å²) < 4.78 is 0. The molecule has 2 amide bonds. The van der Waals surface area contributed by atoms with Crippen molar-refractivity contribution in [2.45, 2.75) is 38.8 Å². The number of fused-ring (bicyclic) bond motifs is 1. The lowest BCUT2D eigenvalue weighted by Crippen LogP contribution is -2.49. The summed E-state index contributed by atoms with van der Waals surface area (Å²) in [5.41, 5.74) is 2.13. The fourth-order valence-electron chi connectivity index (χ4n) is 2.24. The zero-order valence-corrected chi connectivity index (χ0v) is 11.9. The molecule has 0 saturated heterocycles. The van der Waals surface area contributed by atoms with E-state index in [1.807, 2.05) is 31.2 Å². The Labute approximate surface area is 119 Å². The molecule has 0 bridgehead atoms. The Morgan fingerprint density at radius 1 is 1.40 bits per heavy atom. The Balaban J connectivity index is 1.86. The van der Waals surface area contributed by atoms with Crippen LogP contribution in [0, 0.1) is 0 Å². The molecule has 0 radical (unpaired) electrons. The van der Waals surface area contributed by atoms with Gasteiger partial charge in [0.1, 0.15) is 12.1 Å². The van der Waals surface area contributed by atoms with E-state index < -0.39 is 6.04 Å². The van der Waals surface area contributed by atoms with Crippen molar-refractivity contribution in [2.24, 2.45) is 0 Å². The summed E-state index contributed by atoms with van der Waals surface area (Å²) in [6.45, 7) is 4.32. The quantitative estimate of drug-likeness (QED) is 0.752. The van der Waals surface area contributed by atoms with Crippen LogP contribution in [0.3, 0.4) is 0 Å². The van der Waals surface area contributed by atoms with Crippen LogP contribution in [0.15, 0.2) is 24.3 Å². The largest absolute Gasteiger partial charge is 0.373 e. The minimum Gasteiger partial charge on any atom is -0.373 e. The number of carbonyl (C=O) groups is 2. The van der Waals surface area contributed by atoms with Crippen molar-refractivity contribution in [2.75, 3.05) is 11.9 Å². The van der Waals surface area contributed by atoms with Crippen molar-refractivity contribution in [3.63, 3.8) is 0 Å². The third kappa shape index (κ3) is 3.29. The molecule has 3 N–H and O–H groups in total. The average Bonchev–Trinajstić information content (AvgIpc) is 2.88. The summed E-state index contributed by atoms with van der Waals surface area (Å²) in [6.07, 6.45) is 1.54. The molecule has 2 rings (SSSR count). The highest BCUT2D eigenvalue weighted by atomic mass is 16.2. The molecule has 5 heteroatoms. The van der Waals surface area contributed by atoms with Gasteiger partial charge in [-0.1, -0.05) is 25.1 Å². The second kappa shape index (κ2) is 6.41. The molecule has 0 saturated carbocycles. The first-order chi connectivity index (χ1) is 9.61. The Hall–Kier alpha value is -2.04. The lowest BCUT2D eigenvalue weighted by Gasteiger charge is -2.17. The molecule has 108 valence electrons. The van der Waals surface area contributed by atoms with Gasteiger partial charge in [0.15, 0.2) is 0 Å². The first-order valence-electron chi connectivity index (χ1n) is 7.04. The van der Waals surface area contributed by atoms with Crippen molar-refractivity contribution < 1.29 is 9.59 Å². The molecule has 20 heavy (non-hydrogen) atoms. The summed E-state index contributed by atoms with van der Waals surface area (Å²) in [6, 6.07) is 7.05. The van der Waals surface area contributed by atoms with Crippen LogP contribution in [-0.2, 0) is 16.0 Å². The van der Waals surface area contributed by atoms with Gasteiger partial charge in [0, 0.05) is 18.7 Å². The minimum atomic E-state index is -0.514. The topological polar surface area (TPSA) is 70.2 Å². The maximum Gasteiger partial charge on any atom is 0.243 e. The van der Waals surface area contributed by atoms with Crippen molar-refractivity contribution in [1.82, 2.24) is 10.6 Å². The van der Waals surface area contributed by atoms with Crippen LogP contribution in [0.4, 0.5) is 5.69 Å². The van der Waals surface area contributed by atoms with E-state index in [0.717, 1.165) is 17.7 Å². The number of amides is 2. The molecule has 0 aromatic heterocycles. The van der Waals surface area contributed by atoms with Gasteiger partial charge in [0.2, 0.25) is 11.8 Å². The van der Waals surface area contributed by atoms with Gasteiger partial charge in [0.05, 0.1) is 0 Å². The number of carbonyl (C=O) groups excluding carboxylic acids is 2. The second-order valence-electron chi connectivity index (χ2n) is 5.08. The van der Waals surface area contributed by atoms with Gasteiger partial charge in [-0.25, -0.2) is 0 Å². The van der Waals surface area contributed by atoms with Gasteiger partial charge in [0.25, 0.3) is 0 Å². The molecule has 1 aliphatic rings. The number of anilines is 1. The number of nitrogens with one attached hydrogen (secondary N) is 3. The lowest BCUT2D eigenvalue weighted by atomic mass is 10.1. The third-order valence-corrected chi connectivity index (χ3v) is 3.39. The highest BCUT2D eigenvalue weighted by Crippen LogP contribution is 2.25. The minimum absolute atomic E-state index is 0.139. The molecule has 0 aliphatic carbocycles. The fourth-order valence-corrected chi connectivity index (χ4v) is 2.24. The molecule has 1 aromatic carbocycles. The van der Waals surface area contributed by atoms with E-state index in [9.17, 15) is 9.59 Å². The van der Waals surface area contributed by atoms with E-state index in [0.29, 0.717) is 13.0 Å². The molecular weight excluding hydrogens is 254 g/mol. The van der Waals surface area contributed by atoms with Gasteiger partial charge in [-0.3, -0.25) is 9.59 Å². The number of hydrogen-bond acceptors (Lipinski definition) is 3. The first kappa shape index (κ1) is 14.4. The molecule has 5 nitrogen and oxygen atoms in total. The van der Waals surface area contributed by atoms with E-state index >= 15 is 0 Å². The summed E-state index contributed by atoms with van der Waals surface area (Å²) in [5, 5.41) is 8.70. The molecule has 2 atom stereocenters. The van der Waals surface area contributed by atoms with E-state index in [1.54, 1.807) is 6.92 Å². The van der Waals surface area contributed by atoms with Gasteiger partial charge < -0.3 is 16.0 Å². The zero-order valence-electron chi connectivity index (χ0n) is 11.9. The lowest BCUT2D eigenvalue weighted by molar-refractivity contribution is -0.128. The highest BCUT2D eigenvalue weighted by Gasteiger charge is 2.28. The van der Waals surface area contributed by atoms with Crippen molar-refractivity contribution in [3.05, 3.63) is 29.8 Å². The van der Waals surface area contributed by atoms with E-state index in [-0.39, 0.29) is 17.9 Å². The van der Waals surface area contributed by atoms with Crippen LogP contribution in [0.2, 0.25) is 0 Å². The maximum absolute atomic E-state index is 12.1. The Morgan fingerprint density at radius 3 is 2.85 bits per heavy atom. The van der Waals surface area contributed by atoms with Gasteiger partial charge in [-0.2, -0.15) is 0 Å². The highest BCUT2D eigenvalue weighted by molar-refractivity contribution is 5.92. The predicted octanol–water partition coefficient (Wildman–Crippen LogP) is 1.05. The SMILES string of the molecule is CCCNC(=O)C(C)NC(=O)[C@@H]1Cc2ccccc2N1. The number of hydrogen-bond donors (Lipinski definition) is 3. The monoisotopic (exact) mass is 275 g/mol. The summed E-state index contributed by atoms with van der Waals surface area (Å²) in [4.78, 5) is 23.9. The van der Waals surface area contributed by atoms with Gasteiger partial charge in [-0.05, 0) is 25.0 Å². The number of para-hydroxylation sites is 1. The maximum atomic E-state index is 12.1. The zero-order chi connectivity index (χ0) is 14.5. The van der Waals surface area contributed by atoms with Crippen LogP contribution in [0.5, 0.6) is 0 Å². The van der Waals surface area contributed by atoms with Crippen molar-refractivity contribution >= 4 is 17.5 Å². The molecular formula is C15H21N3O2. The number of rotatable bonds is 5. The third-order valence-electron chi connectivity index (χ3n) is 3.39. The summed E-state index contributed by atoms with van der Waals surface area (Å²) in [7, 11) is 0. The van der Waals surface area contributed by atoms with Gasteiger partial charge in [-0.15, -0.1) is 0 Å².